The van der Waals surface area contributed by atoms with E-state index in [0.29, 0.717) is 5.54 Å². The van der Waals surface area contributed by atoms with Gasteiger partial charge in [0.05, 0.1) is 6.61 Å². The highest BCUT2D eigenvalue weighted by atomic mass is 16.7. The largest absolute Gasteiger partial charge is 0.301 e. The van der Waals surface area contributed by atoms with Crippen molar-refractivity contribution in [1.82, 2.24) is 9.96 Å². The maximum absolute atomic E-state index is 5.42. The second-order valence-corrected chi connectivity index (χ2v) is 3.70. The Morgan fingerprint density at radius 1 is 1.18 bits per heavy atom. The fourth-order valence-electron chi connectivity index (χ4n) is 1.11. The summed E-state index contributed by atoms with van der Waals surface area (Å²) in [7, 11) is 8.08. The van der Waals surface area contributed by atoms with Crippen LogP contribution in [-0.4, -0.2) is 50.3 Å². The second kappa shape index (κ2) is 3.09. The molecule has 1 fully saturated rings. The lowest BCUT2D eigenvalue weighted by Gasteiger charge is -2.24. The van der Waals surface area contributed by atoms with Gasteiger partial charge in [-0.3, -0.25) is 4.84 Å². The van der Waals surface area contributed by atoms with E-state index in [-0.39, 0.29) is 0 Å². The van der Waals surface area contributed by atoms with Crippen LogP contribution in [0.5, 0.6) is 0 Å². The number of nitrogens with zero attached hydrogens (tertiary/aromatic N) is 2. The van der Waals surface area contributed by atoms with Crippen LogP contribution in [0.15, 0.2) is 0 Å². The third kappa shape index (κ3) is 2.15. The van der Waals surface area contributed by atoms with Crippen LogP contribution in [0.3, 0.4) is 0 Å². The highest BCUT2D eigenvalue weighted by molar-refractivity contribution is 5.01. The normalized spacial score (nSPS) is 21.3. The van der Waals surface area contributed by atoms with Crippen molar-refractivity contribution in [3.05, 3.63) is 0 Å². The molecule has 0 aromatic carbocycles. The van der Waals surface area contributed by atoms with Gasteiger partial charge in [0.2, 0.25) is 0 Å². The summed E-state index contributed by atoms with van der Waals surface area (Å²) in [6, 6.07) is 0. The van der Waals surface area contributed by atoms with Gasteiger partial charge in [-0.2, -0.15) is 5.06 Å². The smallest absolute Gasteiger partial charge is 0.0868 e. The molecule has 0 atom stereocenters. The van der Waals surface area contributed by atoms with E-state index >= 15 is 0 Å². The number of hydrogen-bond donors (Lipinski definition) is 0. The van der Waals surface area contributed by atoms with Gasteiger partial charge < -0.3 is 4.90 Å². The number of hydroxylamine groups is 2. The van der Waals surface area contributed by atoms with Crippen LogP contribution in [0.2, 0.25) is 0 Å². The summed E-state index contributed by atoms with van der Waals surface area (Å²) >= 11 is 0. The van der Waals surface area contributed by atoms with Crippen LogP contribution in [0, 0.1) is 0 Å². The zero-order valence-corrected chi connectivity index (χ0v) is 7.92. The fourth-order valence-corrected chi connectivity index (χ4v) is 1.11. The van der Waals surface area contributed by atoms with Gasteiger partial charge in [0.1, 0.15) is 0 Å². The van der Waals surface area contributed by atoms with Gasteiger partial charge in [0.15, 0.2) is 0 Å². The molecule has 1 rings (SSSR count). The Bertz CT molecular complexity index is 130. The first kappa shape index (κ1) is 8.97. The van der Waals surface area contributed by atoms with E-state index in [9.17, 15) is 0 Å². The first-order valence-electron chi connectivity index (χ1n) is 4.04. The van der Waals surface area contributed by atoms with Crippen molar-refractivity contribution in [2.24, 2.45) is 0 Å². The molecule has 0 amide bonds. The standard InChI is InChI=1S/C8H18N2O/c1-9(2)8(5-6-8)7-11-10(3)4/h5-7H2,1-4H3. The second-order valence-electron chi connectivity index (χ2n) is 3.70. The van der Waals surface area contributed by atoms with Crippen molar-refractivity contribution in [2.45, 2.75) is 18.4 Å². The van der Waals surface area contributed by atoms with E-state index in [1.54, 1.807) is 5.06 Å². The van der Waals surface area contributed by atoms with Gasteiger partial charge >= 0.3 is 0 Å². The molecule has 0 radical (unpaired) electrons. The van der Waals surface area contributed by atoms with Crippen LogP contribution < -0.4 is 0 Å². The van der Waals surface area contributed by atoms with Crippen LogP contribution in [0.25, 0.3) is 0 Å². The van der Waals surface area contributed by atoms with Crippen LogP contribution >= 0.6 is 0 Å². The van der Waals surface area contributed by atoms with E-state index in [1.807, 2.05) is 14.1 Å². The third-order valence-corrected chi connectivity index (χ3v) is 2.37. The topological polar surface area (TPSA) is 15.7 Å². The molecule has 1 saturated carbocycles. The van der Waals surface area contributed by atoms with E-state index in [4.69, 9.17) is 4.84 Å². The molecule has 3 nitrogen and oxygen atoms in total. The molecule has 0 aromatic heterocycles. The van der Waals surface area contributed by atoms with E-state index in [2.05, 4.69) is 19.0 Å². The molecule has 66 valence electrons. The quantitative estimate of drug-likeness (QED) is 0.556. The van der Waals surface area contributed by atoms with Crippen LogP contribution in [0.1, 0.15) is 12.8 Å². The zero-order chi connectivity index (χ0) is 8.48. The number of hydrogen-bond acceptors (Lipinski definition) is 3. The molecule has 1 aliphatic carbocycles. The first-order chi connectivity index (χ1) is 5.07. The molecule has 0 aliphatic heterocycles. The molecule has 0 heterocycles. The Morgan fingerprint density at radius 3 is 2.00 bits per heavy atom. The summed E-state index contributed by atoms with van der Waals surface area (Å²) in [5.41, 5.74) is 0.351. The molecule has 0 bridgehead atoms. The monoisotopic (exact) mass is 158 g/mol. The van der Waals surface area contributed by atoms with Crippen molar-refractivity contribution in [1.29, 1.82) is 0 Å². The zero-order valence-electron chi connectivity index (χ0n) is 7.92. The fraction of sp³-hybridized carbons (Fsp3) is 1.00. The Labute approximate surface area is 68.9 Å². The molecule has 3 heteroatoms. The summed E-state index contributed by atoms with van der Waals surface area (Å²) in [6.45, 7) is 0.826. The van der Waals surface area contributed by atoms with Crippen molar-refractivity contribution in [2.75, 3.05) is 34.8 Å². The maximum Gasteiger partial charge on any atom is 0.0868 e. The number of likely N-dealkylation sites (N-methyl/N-ethyl adjacent to an activating group) is 1. The lowest BCUT2D eigenvalue weighted by Crippen LogP contribution is -2.36. The van der Waals surface area contributed by atoms with Crippen molar-refractivity contribution in [3.8, 4) is 0 Å². The highest BCUT2D eigenvalue weighted by Gasteiger charge is 2.45. The highest BCUT2D eigenvalue weighted by Crippen LogP contribution is 2.40. The third-order valence-electron chi connectivity index (χ3n) is 2.37. The lowest BCUT2D eigenvalue weighted by molar-refractivity contribution is -0.138. The predicted octanol–water partition coefficient (Wildman–Crippen LogP) is 0.574. The minimum absolute atomic E-state index is 0.351. The SMILES string of the molecule is CN(C)OCC1(N(C)C)CC1. The van der Waals surface area contributed by atoms with Gasteiger partial charge in [-0.05, 0) is 26.9 Å². The summed E-state index contributed by atoms with van der Waals surface area (Å²) in [5.74, 6) is 0. The van der Waals surface area contributed by atoms with Crippen molar-refractivity contribution in [3.63, 3.8) is 0 Å². The Kier molecular flexibility index (Phi) is 2.52. The minimum atomic E-state index is 0.351. The van der Waals surface area contributed by atoms with Gasteiger partial charge in [0, 0.05) is 19.6 Å². The van der Waals surface area contributed by atoms with Crippen LogP contribution in [0.4, 0.5) is 0 Å². The summed E-state index contributed by atoms with van der Waals surface area (Å²) in [5, 5.41) is 1.77. The Hall–Kier alpha value is -0.120. The summed E-state index contributed by atoms with van der Waals surface area (Å²) in [4.78, 5) is 7.68. The molecule has 0 saturated heterocycles. The molecule has 0 N–H and O–H groups in total. The Morgan fingerprint density at radius 2 is 1.73 bits per heavy atom. The van der Waals surface area contributed by atoms with Gasteiger partial charge in [-0.1, -0.05) is 0 Å². The van der Waals surface area contributed by atoms with Crippen LogP contribution in [-0.2, 0) is 4.84 Å². The summed E-state index contributed by atoms with van der Waals surface area (Å²) in [6.07, 6.45) is 2.54. The Balaban J connectivity index is 2.25. The first-order valence-corrected chi connectivity index (χ1v) is 4.04. The average Bonchev–Trinajstić information content (AvgIpc) is 2.63. The van der Waals surface area contributed by atoms with Crippen molar-refractivity contribution >= 4 is 0 Å². The minimum Gasteiger partial charge on any atom is -0.301 e. The van der Waals surface area contributed by atoms with Gasteiger partial charge in [-0.15, -0.1) is 0 Å². The molecular weight excluding hydrogens is 140 g/mol. The molecule has 11 heavy (non-hydrogen) atoms. The average molecular weight is 158 g/mol. The predicted molar refractivity (Wildman–Crippen MR) is 45.3 cm³/mol. The lowest BCUT2D eigenvalue weighted by atomic mass is 10.3. The summed E-state index contributed by atoms with van der Waals surface area (Å²) < 4.78 is 0. The molecular formula is C8H18N2O. The maximum atomic E-state index is 5.42. The molecule has 0 unspecified atom stereocenters. The van der Waals surface area contributed by atoms with Gasteiger partial charge in [0.25, 0.3) is 0 Å². The van der Waals surface area contributed by atoms with Crippen molar-refractivity contribution < 1.29 is 4.84 Å². The van der Waals surface area contributed by atoms with E-state index in [0.717, 1.165) is 6.61 Å². The molecule has 1 aliphatic rings. The number of rotatable bonds is 4. The van der Waals surface area contributed by atoms with E-state index in [1.165, 1.54) is 12.8 Å². The molecule has 0 aromatic rings. The van der Waals surface area contributed by atoms with Gasteiger partial charge in [-0.25, -0.2) is 0 Å². The molecule has 0 spiro atoms. The van der Waals surface area contributed by atoms with E-state index < -0.39 is 0 Å².